The molecule has 2 fully saturated rings. The molecule has 0 aromatic carbocycles. The van der Waals surface area contributed by atoms with Crippen LogP contribution in [0.3, 0.4) is 0 Å². The fourth-order valence-corrected chi connectivity index (χ4v) is 7.54. The number of morpholine rings is 1. The maximum Gasteiger partial charge on any atom is 0.220 e. The maximum absolute atomic E-state index is 12.4. The summed E-state index contributed by atoms with van der Waals surface area (Å²) < 4.78 is 12.3. The number of aryl methyl sites for hydroxylation is 1. The van der Waals surface area contributed by atoms with Crippen LogP contribution in [0.2, 0.25) is 0 Å². The van der Waals surface area contributed by atoms with E-state index in [0.717, 1.165) is 80.8 Å². The van der Waals surface area contributed by atoms with Crippen LogP contribution in [0.4, 0.5) is 0 Å². The number of aromatic nitrogens is 1. The summed E-state index contributed by atoms with van der Waals surface area (Å²) in [6, 6.07) is 2.01. The van der Waals surface area contributed by atoms with Crippen molar-refractivity contribution in [3.8, 4) is 5.75 Å². The Morgan fingerprint density at radius 1 is 1.32 bits per heavy atom. The number of hydrogen-bond donors (Lipinski definition) is 2. The fraction of sp³-hybridized carbons (Fsp3) is 0.692. The van der Waals surface area contributed by atoms with Gasteiger partial charge in [0.05, 0.1) is 31.3 Å². The molecule has 0 spiro atoms. The largest absolute Gasteiger partial charge is 0.490 e. The number of nitrogens with zero attached hydrogens (tertiary/aromatic N) is 2. The predicted molar refractivity (Wildman–Crippen MR) is 134 cm³/mol. The number of thiophene rings is 1. The number of nitrogens with one attached hydrogen (secondary N) is 1. The second-order valence-electron chi connectivity index (χ2n) is 9.94. The molecule has 8 heteroatoms. The molecule has 2 aliphatic carbocycles. The van der Waals surface area contributed by atoms with Gasteiger partial charge in [0.25, 0.3) is 0 Å². The van der Waals surface area contributed by atoms with Crippen molar-refractivity contribution in [1.29, 1.82) is 0 Å². The number of carbonyl (C=O) groups is 1. The van der Waals surface area contributed by atoms with Gasteiger partial charge in [0.15, 0.2) is 0 Å². The van der Waals surface area contributed by atoms with E-state index >= 15 is 0 Å². The number of carbonyl (C=O) groups excluding carboxylic acids is 1. The number of aliphatic hydroxyl groups excluding tert-OH is 1. The van der Waals surface area contributed by atoms with Crippen LogP contribution in [0.25, 0.3) is 10.2 Å². The van der Waals surface area contributed by atoms with Crippen LogP contribution in [0, 0.1) is 0 Å². The number of pyridine rings is 1. The van der Waals surface area contributed by atoms with Crippen LogP contribution in [-0.2, 0) is 16.0 Å². The molecule has 0 unspecified atom stereocenters. The van der Waals surface area contributed by atoms with Gasteiger partial charge in [-0.15, -0.1) is 11.3 Å². The minimum Gasteiger partial charge on any atom is -0.490 e. The van der Waals surface area contributed by atoms with Gasteiger partial charge in [0.2, 0.25) is 5.91 Å². The van der Waals surface area contributed by atoms with Crippen molar-refractivity contribution in [2.75, 3.05) is 39.5 Å². The topological polar surface area (TPSA) is 83.9 Å². The average molecular weight is 488 g/mol. The molecule has 0 radical (unpaired) electrons. The highest BCUT2D eigenvalue weighted by Gasteiger charge is 2.40. The first-order valence-corrected chi connectivity index (χ1v) is 13.7. The second kappa shape index (κ2) is 10.5. The first-order chi connectivity index (χ1) is 16.6. The Kier molecular flexibility index (Phi) is 7.39. The molecular weight excluding hydrogens is 450 g/mol. The van der Waals surface area contributed by atoms with Crippen LogP contribution in [-0.4, -0.2) is 72.0 Å². The van der Waals surface area contributed by atoms with Crippen LogP contribution in [0.15, 0.2) is 12.3 Å². The highest BCUT2D eigenvalue weighted by Crippen LogP contribution is 2.48. The first kappa shape index (κ1) is 24.0. The Labute approximate surface area is 205 Å². The summed E-state index contributed by atoms with van der Waals surface area (Å²) in [4.78, 5) is 22.0. The van der Waals surface area contributed by atoms with Crippen LogP contribution < -0.4 is 10.1 Å². The van der Waals surface area contributed by atoms with E-state index in [4.69, 9.17) is 14.6 Å². The SMILES string of the molecule is CCC1(N2CCOCC2)CCC(Oc2ccnc3sc4c(c23)[C@@H](CC(=O)NCCO)CC4)CC1. The normalized spacial score (nSPS) is 27.6. The van der Waals surface area contributed by atoms with E-state index in [1.54, 1.807) is 11.3 Å². The van der Waals surface area contributed by atoms with Gasteiger partial charge in [0, 0.05) is 42.7 Å². The Balaban J connectivity index is 1.31. The highest BCUT2D eigenvalue weighted by molar-refractivity contribution is 7.19. The van der Waals surface area contributed by atoms with Crippen molar-refractivity contribution in [2.45, 2.75) is 75.9 Å². The molecule has 1 atom stereocenters. The van der Waals surface area contributed by atoms with Gasteiger partial charge in [-0.2, -0.15) is 0 Å². The molecule has 2 N–H and O–H groups in total. The summed E-state index contributed by atoms with van der Waals surface area (Å²) in [5, 5.41) is 12.9. The van der Waals surface area contributed by atoms with Crippen molar-refractivity contribution in [1.82, 2.24) is 15.2 Å². The summed E-state index contributed by atoms with van der Waals surface area (Å²) in [6.07, 6.45) is 10.1. The zero-order chi connectivity index (χ0) is 23.5. The minimum absolute atomic E-state index is 0.00362. The number of hydrogen-bond acceptors (Lipinski definition) is 7. The van der Waals surface area contributed by atoms with Crippen molar-refractivity contribution in [3.05, 3.63) is 22.7 Å². The van der Waals surface area contributed by atoms with Crippen molar-refractivity contribution in [3.63, 3.8) is 0 Å². The fourth-order valence-electron chi connectivity index (χ4n) is 6.28. The summed E-state index contributed by atoms with van der Waals surface area (Å²) >= 11 is 1.75. The smallest absolute Gasteiger partial charge is 0.220 e. The molecule has 2 aromatic heterocycles. The second-order valence-corrected chi connectivity index (χ2v) is 11.0. The lowest BCUT2D eigenvalue weighted by Gasteiger charge is -2.49. The highest BCUT2D eigenvalue weighted by atomic mass is 32.1. The Bertz CT molecular complexity index is 995. The lowest BCUT2D eigenvalue weighted by molar-refractivity contribution is -0.121. The van der Waals surface area contributed by atoms with E-state index in [-0.39, 0.29) is 30.1 Å². The third kappa shape index (κ3) is 4.70. The molecule has 5 rings (SSSR count). The van der Waals surface area contributed by atoms with Crippen molar-refractivity contribution in [2.24, 2.45) is 0 Å². The molecule has 186 valence electrons. The van der Waals surface area contributed by atoms with Gasteiger partial charge in [-0.3, -0.25) is 9.69 Å². The molecule has 2 aromatic rings. The van der Waals surface area contributed by atoms with Gasteiger partial charge >= 0.3 is 0 Å². The van der Waals surface area contributed by atoms with Gasteiger partial charge in [0.1, 0.15) is 10.6 Å². The van der Waals surface area contributed by atoms with Gasteiger partial charge < -0.3 is 19.9 Å². The third-order valence-electron chi connectivity index (χ3n) is 8.16. The first-order valence-electron chi connectivity index (χ1n) is 12.9. The molecule has 1 aliphatic heterocycles. The van der Waals surface area contributed by atoms with Gasteiger partial charge in [-0.25, -0.2) is 4.98 Å². The van der Waals surface area contributed by atoms with Crippen molar-refractivity contribution >= 4 is 27.5 Å². The number of fused-ring (bicyclic) bond motifs is 3. The number of rotatable bonds is 8. The number of ether oxygens (including phenoxy) is 2. The monoisotopic (exact) mass is 487 g/mol. The van der Waals surface area contributed by atoms with E-state index in [1.807, 2.05) is 12.3 Å². The lowest BCUT2D eigenvalue weighted by Crippen LogP contribution is -2.55. The summed E-state index contributed by atoms with van der Waals surface area (Å²) in [6.45, 7) is 6.38. The maximum atomic E-state index is 12.4. The zero-order valence-corrected chi connectivity index (χ0v) is 21.0. The molecule has 1 amide bonds. The number of amides is 1. The van der Waals surface area contributed by atoms with Crippen LogP contribution >= 0.6 is 11.3 Å². The molecule has 34 heavy (non-hydrogen) atoms. The molecule has 0 bridgehead atoms. The lowest BCUT2D eigenvalue weighted by atomic mass is 9.77. The van der Waals surface area contributed by atoms with Crippen molar-refractivity contribution < 1.29 is 19.4 Å². The average Bonchev–Trinajstić information content (AvgIpc) is 3.44. The molecule has 3 heterocycles. The molecule has 1 saturated carbocycles. The molecule has 1 saturated heterocycles. The predicted octanol–water partition coefficient (Wildman–Crippen LogP) is 3.63. The Morgan fingerprint density at radius 3 is 2.85 bits per heavy atom. The summed E-state index contributed by atoms with van der Waals surface area (Å²) in [5.74, 6) is 1.13. The van der Waals surface area contributed by atoms with E-state index in [2.05, 4.69) is 22.1 Å². The van der Waals surface area contributed by atoms with Crippen LogP contribution in [0.5, 0.6) is 5.75 Å². The zero-order valence-electron chi connectivity index (χ0n) is 20.2. The van der Waals surface area contributed by atoms with E-state index < -0.39 is 0 Å². The molecule has 7 nitrogen and oxygen atoms in total. The quantitative estimate of drug-likeness (QED) is 0.592. The van der Waals surface area contributed by atoms with E-state index in [9.17, 15) is 4.79 Å². The molecular formula is C26H37N3O4S. The van der Waals surface area contributed by atoms with Gasteiger partial charge in [-0.05, 0) is 62.5 Å². The molecule has 3 aliphatic rings. The summed E-state index contributed by atoms with van der Waals surface area (Å²) in [5.41, 5.74) is 1.56. The Hall–Kier alpha value is -1.74. The number of aliphatic hydroxyl groups is 1. The van der Waals surface area contributed by atoms with Crippen LogP contribution in [0.1, 0.15) is 68.2 Å². The standard InChI is InChI=1S/C26H37N3O4S/c1-2-26(29-12-15-32-16-13-29)8-5-19(6-9-26)33-20-7-10-28-25-24(20)23-18(3-4-21(23)34-25)17-22(31)27-11-14-30/h7,10,18-19,30H,2-6,8-9,11-17H2,1H3,(H,27,31)/t18-,19?,26?/m1/s1. The van der Waals surface area contributed by atoms with Gasteiger partial charge in [-0.1, -0.05) is 6.92 Å². The third-order valence-corrected chi connectivity index (χ3v) is 9.33. The van der Waals surface area contributed by atoms with E-state index in [1.165, 1.54) is 16.9 Å². The minimum atomic E-state index is -0.0306. The Morgan fingerprint density at radius 2 is 2.12 bits per heavy atom. The van der Waals surface area contributed by atoms with E-state index in [0.29, 0.717) is 13.0 Å². The summed E-state index contributed by atoms with van der Waals surface area (Å²) in [7, 11) is 0.